The minimum Gasteiger partial charge on any atom is -0.494 e. The second-order valence-electron chi connectivity index (χ2n) is 9.31. The zero-order valence-corrected chi connectivity index (χ0v) is 25.7. The van der Waals surface area contributed by atoms with Gasteiger partial charge in [0.1, 0.15) is 11.5 Å². The van der Waals surface area contributed by atoms with E-state index in [0.29, 0.717) is 48.7 Å². The lowest BCUT2D eigenvalue weighted by Crippen LogP contribution is -2.40. The molecule has 0 unspecified atom stereocenters. The number of fused-ring (bicyclic) bond motifs is 1. The maximum absolute atomic E-state index is 14.1. The predicted molar refractivity (Wildman–Crippen MR) is 166 cm³/mol. The van der Waals surface area contributed by atoms with Gasteiger partial charge in [-0.25, -0.2) is 14.6 Å². The lowest BCUT2D eigenvalue weighted by Gasteiger charge is -2.26. The van der Waals surface area contributed by atoms with Crippen LogP contribution < -0.4 is 24.4 Å². The minimum absolute atomic E-state index is 0.159. The number of carbonyl (C=O) groups is 2. The van der Waals surface area contributed by atoms with E-state index in [-0.39, 0.29) is 17.7 Å². The number of aromatic nitrogens is 1. The van der Waals surface area contributed by atoms with Crippen LogP contribution in [0.4, 0.5) is 0 Å². The van der Waals surface area contributed by atoms with Gasteiger partial charge in [-0.15, -0.1) is 0 Å². The van der Waals surface area contributed by atoms with Crippen LogP contribution in [0.15, 0.2) is 92.6 Å². The first-order chi connectivity index (χ1) is 20.8. The number of aliphatic carboxylic acids is 1. The molecule has 1 aliphatic rings. The van der Waals surface area contributed by atoms with Gasteiger partial charge < -0.3 is 19.3 Å². The average Bonchev–Trinajstić information content (AvgIpc) is 3.31. The topological polar surface area (TPSA) is 116 Å². The fourth-order valence-electron chi connectivity index (χ4n) is 4.68. The third-order valence-corrected chi connectivity index (χ3v) is 8.09. The van der Waals surface area contributed by atoms with Gasteiger partial charge in [-0.05, 0) is 71.2 Å². The number of nitrogens with zero attached hydrogens (tertiary/aromatic N) is 2. The summed E-state index contributed by atoms with van der Waals surface area (Å²) in [5.74, 6) is -0.608. The largest absolute Gasteiger partial charge is 0.494 e. The second-order valence-corrected chi connectivity index (χ2v) is 11.2. The van der Waals surface area contributed by atoms with E-state index >= 15 is 0 Å². The molecule has 1 aliphatic heterocycles. The fraction of sp³-hybridized carbons (Fsp3) is 0.188. The van der Waals surface area contributed by atoms with Crippen LogP contribution in [0, 0.1) is 0 Å². The Bertz CT molecular complexity index is 1880. The summed E-state index contributed by atoms with van der Waals surface area (Å²) in [6.07, 6.45) is 1.72. The molecule has 1 atom stereocenters. The van der Waals surface area contributed by atoms with Gasteiger partial charge in [0, 0.05) is 5.56 Å². The molecular weight excluding hydrogens is 636 g/mol. The van der Waals surface area contributed by atoms with E-state index in [2.05, 4.69) is 15.9 Å². The number of ether oxygens (including phenoxy) is 3. The molecule has 0 bridgehead atoms. The number of benzene rings is 3. The number of thiazole rings is 1. The highest BCUT2D eigenvalue weighted by Gasteiger charge is 2.35. The smallest absolute Gasteiger partial charge is 0.341 e. The van der Waals surface area contributed by atoms with Crippen molar-refractivity contribution in [3.8, 4) is 11.5 Å². The predicted octanol–water partition coefficient (Wildman–Crippen LogP) is 4.56. The van der Waals surface area contributed by atoms with Crippen molar-refractivity contribution in [2.75, 3.05) is 19.8 Å². The van der Waals surface area contributed by atoms with Crippen molar-refractivity contribution in [3.05, 3.63) is 119 Å². The molecule has 220 valence electrons. The van der Waals surface area contributed by atoms with Crippen LogP contribution in [0.1, 0.15) is 36.6 Å². The second kappa shape index (κ2) is 13.2. The van der Waals surface area contributed by atoms with Gasteiger partial charge in [-0.3, -0.25) is 9.36 Å². The van der Waals surface area contributed by atoms with Crippen LogP contribution in [-0.4, -0.2) is 41.4 Å². The molecule has 0 amide bonds. The molecule has 3 aromatic carbocycles. The maximum atomic E-state index is 14.1. The first kappa shape index (κ1) is 30.0. The molecule has 4 aromatic rings. The standard InChI is InChI=1S/C32H27BrN2O7S/c1-3-40-22-13-11-21(12-14-22)29-27(31(39)41-4-2)28(20-8-6-5-7-9-20)34-32-35(29)30(38)25(43-32)17-19-10-15-24(23(33)16-19)42-18-26(36)37/h5-17,29H,3-4,18H2,1-2H3,(H,36,37)/b25-17-/t29-/m0/s1. The highest BCUT2D eigenvalue weighted by Crippen LogP contribution is 2.35. The molecule has 0 fully saturated rings. The van der Waals surface area contributed by atoms with Gasteiger partial charge in [0.2, 0.25) is 0 Å². The number of rotatable bonds is 10. The summed E-state index contributed by atoms with van der Waals surface area (Å²) in [5.41, 5.74) is 2.49. The quantitative estimate of drug-likeness (QED) is 0.248. The summed E-state index contributed by atoms with van der Waals surface area (Å²) >= 11 is 4.62. The third kappa shape index (κ3) is 6.47. The van der Waals surface area contributed by atoms with Crippen LogP contribution in [0.5, 0.6) is 11.5 Å². The Morgan fingerprint density at radius 2 is 1.77 bits per heavy atom. The van der Waals surface area contributed by atoms with Crippen LogP contribution >= 0.6 is 27.3 Å². The van der Waals surface area contributed by atoms with Crippen molar-refractivity contribution in [1.82, 2.24) is 4.57 Å². The highest BCUT2D eigenvalue weighted by molar-refractivity contribution is 9.10. The number of hydrogen-bond donors (Lipinski definition) is 1. The van der Waals surface area contributed by atoms with E-state index in [9.17, 15) is 14.4 Å². The van der Waals surface area contributed by atoms with Gasteiger partial charge in [0.25, 0.3) is 5.56 Å². The zero-order valence-electron chi connectivity index (χ0n) is 23.3. The van der Waals surface area contributed by atoms with E-state index in [1.165, 1.54) is 15.9 Å². The Kier molecular flexibility index (Phi) is 9.22. The third-order valence-electron chi connectivity index (χ3n) is 6.49. The molecule has 0 spiro atoms. The van der Waals surface area contributed by atoms with E-state index in [0.717, 1.165) is 5.56 Å². The summed E-state index contributed by atoms with van der Waals surface area (Å²) in [5, 5.41) is 8.91. The lowest BCUT2D eigenvalue weighted by atomic mass is 9.93. The Labute approximate surface area is 259 Å². The molecule has 11 heteroatoms. The molecular formula is C32H27BrN2O7S. The molecule has 9 nitrogen and oxygen atoms in total. The van der Waals surface area contributed by atoms with Crippen LogP contribution in [0.25, 0.3) is 11.8 Å². The van der Waals surface area contributed by atoms with Crippen molar-refractivity contribution >= 4 is 51.0 Å². The van der Waals surface area contributed by atoms with E-state index in [4.69, 9.17) is 24.3 Å². The Balaban J connectivity index is 1.71. The van der Waals surface area contributed by atoms with E-state index in [1.807, 2.05) is 61.5 Å². The normalized spacial score (nSPS) is 14.6. The number of esters is 1. The van der Waals surface area contributed by atoms with Crippen molar-refractivity contribution in [3.63, 3.8) is 0 Å². The van der Waals surface area contributed by atoms with Gasteiger partial charge >= 0.3 is 11.9 Å². The summed E-state index contributed by atoms with van der Waals surface area (Å²) in [4.78, 5) is 43.8. The number of hydrogen-bond acceptors (Lipinski definition) is 8. The van der Waals surface area contributed by atoms with Crippen LogP contribution in [0.3, 0.4) is 0 Å². The van der Waals surface area contributed by atoms with Gasteiger partial charge in [0.05, 0.1) is 39.5 Å². The molecule has 0 radical (unpaired) electrons. The number of halogens is 1. The number of carboxylic acids is 1. The summed E-state index contributed by atoms with van der Waals surface area (Å²) < 4.78 is 18.9. The SMILES string of the molecule is CCOC(=O)C1=C(c2ccccc2)N=c2s/c(=C\c3ccc(OCC(=O)O)c(Br)c3)c(=O)n2[C@H]1c1ccc(OCC)cc1. The molecule has 2 heterocycles. The molecule has 0 saturated carbocycles. The Morgan fingerprint density at radius 1 is 1.02 bits per heavy atom. The van der Waals surface area contributed by atoms with Crippen molar-refractivity contribution < 1.29 is 28.9 Å². The van der Waals surface area contributed by atoms with Gasteiger partial charge in [0.15, 0.2) is 11.4 Å². The van der Waals surface area contributed by atoms with E-state index in [1.54, 1.807) is 31.2 Å². The molecule has 43 heavy (non-hydrogen) atoms. The fourth-order valence-corrected chi connectivity index (χ4v) is 6.20. The Morgan fingerprint density at radius 3 is 2.42 bits per heavy atom. The minimum atomic E-state index is -1.09. The van der Waals surface area contributed by atoms with Gasteiger partial charge in [-0.2, -0.15) is 0 Å². The highest BCUT2D eigenvalue weighted by atomic mass is 79.9. The summed E-state index contributed by atoms with van der Waals surface area (Å²) in [6, 6.07) is 20.9. The monoisotopic (exact) mass is 662 g/mol. The summed E-state index contributed by atoms with van der Waals surface area (Å²) in [6.45, 7) is 3.82. The molecule has 5 rings (SSSR count). The molecule has 1 aromatic heterocycles. The Hall–Kier alpha value is -4.48. The first-order valence-corrected chi connectivity index (χ1v) is 15.1. The van der Waals surface area contributed by atoms with Crippen LogP contribution in [-0.2, 0) is 14.3 Å². The lowest BCUT2D eigenvalue weighted by molar-refractivity contribution is -0.140. The molecule has 0 aliphatic carbocycles. The molecule has 1 N–H and O–H groups in total. The number of carbonyl (C=O) groups excluding carboxylic acids is 1. The zero-order chi connectivity index (χ0) is 30.5. The van der Waals surface area contributed by atoms with Gasteiger partial charge in [-0.1, -0.05) is 59.9 Å². The van der Waals surface area contributed by atoms with Crippen LogP contribution in [0.2, 0.25) is 0 Å². The van der Waals surface area contributed by atoms with E-state index < -0.39 is 24.6 Å². The van der Waals surface area contributed by atoms with Crippen molar-refractivity contribution in [2.45, 2.75) is 19.9 Å². The first-order valence-electron chi connectivity index (χ1n) is 13.5. The summed E-state index contributed by atoms with van der Waals surface area (Å²) in [7, 11) is 0. The number of carboxylic acid groups (broad SMARTS) is 1. The molecule has 0 saturated heterocycles. The average molecular weight is 664 g/mol. The van der Waals surface area contributed by atoms with Crippen molar-refractivity contribution in [2.24, 2.45) is 4.99 Å². The maximum Gasteiger partial charge on any atom is 0.341 e. The van der Waals surface area contributed by atoms with Crippen molar-refractivity contribution in [1.29, 1.82) is 0 Å².